The molecule has 3 rings (SSSR count). The van der Waals surface area contributed by atoms with E-state index in [4.69, 9.17) is 21.7 Å². The second-order valence-corrected chi connectivity index (χ2v) is 6.99. The molecule has 2 aromatic rings. The van der Waals surface area contributed by atoms with Crippen LogP contribution < -0.4 is 25.4 Å². The number of carbonyl (C=O) groups excluding carboxylic acids is 3. The maximum Gasteiger partial charge on any atom is 0.263 e. The molecule has 0 unspecified atom stereocenters. The van der Waals surface area contributed by atoms with Gasteiger partial charge in [-0.25, -0.2) is 0 Å². The molecule has 0 radical (unpaired) electrons. The molecule has 0 aliphatic carbocycles. The first-order valence-electron chi connectivity index (χ1n) is 9.51. The van der Waals surface area contributed by atoms with Gasteiger partial charge in [-0.15, -0.1) is 0 Å². The molecule has 0 atom stereocenters. The zero-order valence-electron chi connectivity index (χ0n) is 17.0. The van der Waals surface area contributed by atoms with Crippen LogP contribution in [0.1, 0.15) is 18.1 Å². The Morgan fingerprint density at radius 2 is 1.77 bits per heavy atom. The van der Waals surface area contributed by atoms with Gasteiger partial charge in [0.05, 0.1) is 6.61 Å². The lowest BCUT2D eigenvalue weighted by molar-refractivity contribution is -0.123. The van der Waals surface area contributed by atoms with Gasteiger partial charge in [-0.1, -0.05) is 24.3 Å². The van der Waals surface area contributed by atoms with Crippen molar-refractivity contribution in [3.63, 3.8) is 0 Å². The van der Waals surface area contributed by atoms with Gasteiger partial charge in [0.2, 0.25) is 0 Å². The first-order chi connectivity index (χ1) is 14.9. The molecule has 160 valence electrons. The van der Waals surface area contributed by atoms with Crippen molar-refractivity contribution >= 4 is 46.8 Å². The summed E-state index contributed by atoms with van der Waals surface area (Å²) < 4.78 is 11.2. The third-order valence-electron chi connectivity index (χ3n) is 4.30. The summed E-state index contributed by atoms with van der Waals surface area (Å²) in [6.07, 6.45) is 1.42. The molecule has 0 saturated carbocycles. The van der Waals surface area contributed by atoms with Crippen LogP contribution in [0, 0.1) is 6.92 Å². The third kappa shape index (κ3) is 5.67. The van der Waals surface area contributed by atoms with E-state index >= 15 is 0 Å². The van der Waals surface area contributed by atoms with E-state index in [9.17, 15) is 14.4 Å². The van der Waals surface area contributed by atoms with E-state index in [-0.39, 0.29) is 23.2 Å². The number of benzene rings is 2. The second kappa shape index (κ2) is 9.86. The number of ether oxygens (including phenoxy) is 2. The topological polar surface area (TPSA) is 106 Å². The van der Waals surface area contributed by atoms with Crippen LogP contribution in [0.25, 0.3) is 6.08 Å². The van der Waals surface area contributed by atoms with E-state index in [0.717, 1.165) is 5.56 Å². The fourth-order valence-corrected chi connectivity index (χ4v) is 3.00. The lowest BCUT2D eigenvalue weighted by Gasteiger charge is -2.17. The van der Waals surface area contributed by atoms with Crippen LogP contribution in [0.15, 0.2) is 48.0 Å². The number of thiocarbonyl (C=S) groups is 1. The Balaban J connectivity index is 1.73. The number of hydrogen-bond acceptors (Lipinski definition) is 6. The first-order valence-corrected chi connectivity index (χ1v) is 9.91. The van der Waals surface area contributed by atoms with Gasteiger partial charge in [0.1, 0.15) is 5.57 Å². The molecule has 0 aromatic heterocycles. The Bertz CT molecular complexity index is 1060. The van der Waals surface area contributed by atoms with Crippen LogP contribution in [0.3, 0.4) is 0 Å². The smallest absolute Gasteiger partial charge is 0.263 e. The molecule has 2 aromatic carbocycles. The summed E-state index contributed by atoms with van der Waals surface area (Å²) in [5.41, 5.74) is 2.13. The first kappa shape index (κ1) is 22.0. The highest BCUT2D eigenvalue weighted by Gasteiger charge is 2.25. The monoisotopic (exact) mass is 439 g/mol. The molecule has 1 heterocycles. The second-order valence-electron chi connectivity index (χ2n) is 6.59. The lowest BCUT2D eigenvalue weighted by atomic mass is 10.1. The summed E-state index contributed by atoms with van der Waals surface area (Å²) in [5, 5.41) is 7.52. The van der Waals surface area contributed by atoms with Crippen LogP contribution in [-0.4, -0.2) is 36.0 Å². The minimum absolute atomic E-state index is 0.0325. The van der Waals surface area contributed by atoms with Crippen molar-refractivity contribution in [1.82, 2.24) is 10.6 Å². The predicted molar refractivity (Wildman–Crippen MR) is 120 cm³/mol. The summed E-state index contributed by atoms with van der Waals surface area (Å²) in [6.45, 7) is 3.86. The standard InChI is InChI=1S/C22H21N3O5S/c1-3-29-18-11-14(10-15-20(27)24-22(31)25-21(15)28)8-9-17(18)30-12-19(26)23-16-7-5-4-6-13(16)2/h4-11H,3,12H2,1-2H3,(H,23,26)(H2,24,25,27,28,31). The average molecular weight is 439 g/mol. The molecule has 1 fully saturated rings. The number of amides is 3. The Kier molecular flexibility index (Phi) is 6.99. The van der Waals surface area contributed by atoms with Crippen LogP contribution in [0.2, 0.25) is 0 Å². The van der Waals surface area contributed by atoms with E-state index in [1.54, 1.807) is 18.2 Å². The Labute approximate surface area is 184 Å². The van der Waals surface area contributed by atoms with Crippen molar-refractivity contribution in [3.8, 4) is 11.5 Å². The molecule has 0 spiro atoms. The van der Waals surface area contributed by atoms with Crippen molar-refractivity contribution < 1.29 is 23.9 Å². The van der Waals surface area contributed by atoms with Gasteiger partial charge in [0.15, 0.2) is 23.2 Å². The molecule has 1 aliphatic rings. The number of aryl methyl sites for hydroxylation is 1. The number of hydrogen-bond donors (Lipinski definition) is 3. The van der Waals surface area contributed by atoms with E-state index in [2.05, 4.69) is 16.0 Å². The number of rotatable bonds is 7. The van der Waals surface area contributed by atoms with Crippen molar-refractivity contribution in [2.24, 2.45) is 0 Å². The number of anilines is 1. The van der Waals surface area contributed by atoms with Gasteiger partial charge < -0.3 is 14.8 Å². The van der Waals surface area contributed by atoms with Crippen molar-refractivity contribution in [2.75, 3.05) is 18.5 Å². The van der Waals surface area contributed by atoms with Gasteiger partial charge in [-0.3, -0.25) is 25.0 Å². The maximum atomic E-state index is 12.2. The quantitative estimate of drug-likeness (QED) is 0.347. The van der Waals surface area contributed by atoms with Gasteiger partial charge >= 0.3 is 0 Å². The Morgan fingerprint density at radius 3 is 2.45 bits per heavy atom. The molecule has 3 N–H and O–H groups in total. The summed E-state index contributed by atoms with van der Waals surface area (Å²) in [4.78, 5) is 36.3. The highest BCUT2D eigenvalue weighted by molar-refractivity contribution is 7.80. The van der Waals surface area contributed by atoms with Gasteiger partial charge in [0, 0.05) is 5.69 Å². The highest BCUT2D eigenvalue weighted by atomic mass is 32.1. The van der Waals surface area contributed by atoms with Crippen LogP contribution in [0.5, 0.6) is 11.5 Å². The number of nitrogens with one attached hydrogen (secondary N) is 3. The third-order valence-corrected chi connectivity index (χ3v) is 4.50. The van der Waals surface area contributed by atoms with Gasteiger partial charge in [-0.2, -0.15) is 0 Å². The zero-order chi connectivity index (χ0) is 22.4. The van der Waals surface area contributed by atoms with Crippen LogP contribution in [-0.2, 0) is 14.4 Å². The normalized spacial score (nSPS) is 13.2. The Morgan fingerprint density at radius 1 is 1.06 bits per heavy atom. The van der Waals surface area contributed by atoms with Crippen molar-refractivity contribution in [1.29, 1.82) is 0 Å². The van der Waals surface area contributed by atoms with E-state index < -0.39 is 11.8 Å². The van der Waals surface area contributed by atoms with E-state index in [1.165, 1.54) is 6.08 Å². The maximum absolute atomic E-state index is 12.2. The summed E-state index contributed by atoms with van der Waals surface area (Å²) in [6, 6.07) is 12.3. The minimum Gasteiger partial charge on any atom is -0.490 e. The fourth-order valence-electron chi connectivity index (χ4n) is 2.82. The van der Waals surface area contributed by atoms with Gasteiger partial charge in [-0.05, 0) is 61.5 Å². The Hall–Kier alpha value is -3.72. The number of carbonyl (C=O) groups is 3. The molecule has 1 aliphatic heterocycles. The molecule has 1 saturated heterocycles. The summed E-state index contributed by atoms with van der Waals surface area (Å²) >= 11 is 4.79. The molecule has 3 amide bonds. The SMILES string of the molecule is CCOc1cc(C=C2C(=O)NC(=S)NC2=O)ccc1OCC(=O)Nc1ccccc1C. The minimum atomic E-state index is -0.583. The molecular weight excluding hydrogens is 418 g/mol. The number of para-hydroxylation sites is 1. The van der Waals surface area contributed by atoms with Gasteiger partial charge in [0.25, 0.3) is 17.7 Å². The van der Waals surface area contributed by atoms with E-state index in [0.29, 0.717) is 29.4 Å². The fraction of sp³-hybridized carbons (Fsp3) is 0.182. The lowest BCUT2D eigenvalue weighted by Crippen LogP contribution is -2.51. The molecule has 0 bridgehead atoms. The average Bonchev–Trinajstić information content (AvgIpc) is 2.72. The van der Waals surface area contributed by atoms with Crippen LogP contribution in [0.4, 0.5) is 5.69 Å². The van der Waals surface area contributed by atoms with Crippen molar-refractivity contribution in [2.45, 2.75) is 13.8 Å². The summed E-state index contributed by atoms with van der Waals surface area (Å²) in [7, 11) is 0. The summed E-state index contributed by atoms with van der Waals surface area (Å²) in [5.74, 6) is -0.732. The highest BCUT2D eigenvalue weighted by Crippen LogP contribution is 2.29. The van der Waals surface area contributed by atoms with Crippen LogP contribution >= 0.6 is 12.2 Å². The van der Waals surface area contributed by atoms with E-state index in [1.807, 2.05) is 38.1 Å². The largest absolute Gasteiger partial charge is 0.490 e. The molecule has 31 heavy (non-hydrogen) atoms. The van der Waals surface area contributed by atoms with Crippen molar-refractivity contribution in [3.05, 3.63) is 59.2 Å². The molecule has 9 heteroatoms. The zero-order valence-corrected chi connectivity index (χ0v) is 17.8. The molecule has 8 nitrogen and oxygen atoms in total. The molecular formula is C22H21N3O5S. The predicted octanol–water partition coefficient (Wildman–Crippen LogP) is 2.33.